The first kappa shape index (κ1) is 18.5. The molecule has 146 valence electrons. The van der Waals surface area contributed by atoms with Crippen LogP contribution in [0.25, 0.3) is 16.8 Å². The number of nitrogens with one attached hydrogen (secondary N) is 2. The van der Waals surface area contributed by atoms with Gasteiger partial charge in [0.2, 0.25) is 0 Å². The summed E-state index contributed by atoms with van der Waals surface area (Å²) in [7, 11) is 0. The summed E-state index contributed by atoms with van der Waals surface area (Å²) < 4.78 is 1.77. The van der Waals surface area contributed by atoms with Crippen molar-refractivity contribution in [3.8, 4) is 11.3 Å². The molecule has 1 amide bonds. The molecule has 0 aliphatic heterocycles. The van der Waals surface area contributed by atoms with Crippen LogP contribution >= 0.6 is 0 Å². The average Bonchev–Trinajstić information content (AvgIpc) is 3.43. The van der Waals surface area contributed by atoms with E-state index in [9.17, 15) is 14.7 Å². The monoisotopic (exact) mass is 379 g/mol. The Morgan fingerprint density at radius 3 is 2.68 bits per heavy atom. The van der Waals surface area contributed by atoms with Crippen LogP contribution < -0.4 is 10.9 Å². The second-order valence-corrected chi connectivity index (χ2v) is 7.84. The Balaban J connectivity index is 1.85. The molecule has 28 heavy (non-hydrogen) atoms. The minimum absolute atomic E-state index is 0.130. The first-order valence-electron chi connectivity index (χ1n) is 9.66. The number of aromatic nitrogens is 2. The number of aliphatic hydroxyl groups is 1. The Labute approximate surface area is 163 Å². The smallest absolute Gasteiger partial charge is 0.273 e. The SMILES string of the molecule is Cc1ccc(-c2cn3cc(C(=O)N[C@H](C)CO)c(C4CC4)c3c(=O)[nH]2)cc1C. The molecule has 2 aromatic heterocycles. The zero-order valence-electron chi connectivity index (χ0n) is 16.4. The van der Waals surface area contributed by atoms with Crippen molar-refractivity contribution in [1.29, 1.82) is 0 Å². The second-order valence-electron chi connectivity index (χ2n) is 7.84. The van der Waals surface area contributed by atoms with Crippen LogP contribution in [0, 0.1) is 13.8 Å². The van der Waals surface area contributed by atoms with Crippen LogP contribution in [0.1, 0.15) is 52.7 Å². The molecule has 3 N–H and O–H groups in total. The van der Waals surface area contributed by atoms with Crippen molar-refractivity contribution >= 4 is 11.4 Å². The number of aliphatic hydroxyl groups excluding tert-OH is 1. The Morgan fingerprint density at radius 2 is 2.04 bits per heavy atom. The summed E-state index contributed by atoms with van der Waals surface area (Å²) in [4.78, 5) is 28.7. The van der Waals surface area contributed by atoms with Gasteiger partial charge in [-0.25, -0.2) is 0 Å². The van der Waals surface area contributed by atoms with E-state index in [1.165, 1.54) is 5.56 Å². The first-order chi connectivity index (χ1) is 13.4. The highest BCUT2D eigenvalue weighted by Crippen LogP contribution is 2.43. The molecule has 0 saturated heterocycles. The lowest BCUT2D eigenvalue weighted by Crippen LogP contribution is -2.35. The number of fused-ring (bicyclic) bond motifs is 1. The second kappa shape index (κ2) is 6.95. The molecule has 1 aliphatic rings. The van der Waals surface area contributed by atoms with E-state index in [-0.39, 0.29) is 30.0 Å². The van der Waals surface area contributed by atoms with Crippen LogP contribution in [0.5, 0.6) is 0 Å². The summed E-state index contributed by atoms with van der Waals surface area (Å²) in [5.41, 5.74) is 5.69. The molecule has 6 heteroatoms. The Bertz CT molecular complexity index is 1120. The topological polar surface area (TPSA) is 86.6 Å². The van der Waals surface area contributed by atoms with E-state index in [1.807, 2.05) is 31.3 Å². The van der Waals surface area contributed by atoms with Crippen LogP contribution in [-0.4, -0.2) is 33.0 Å². The summed E-state index contributed by atoms with van der Waals surface area (Å²) in [6.45, 7) is 5.71. The highest BCUT2D eigenvalue weighted by atomic mass is 16.3. The number of benzene rings is 1. The molecule has 1 fully saturated rings. The number of hydrogen-bond donors (Lipinski definition) is 3. The van der Waals surface area contributed by atoms with E-state index in [4.69, 9.17) is 0 Å². The average molecular weight is 379 g/mol. The third kappa shape index (κ3) is 3.24. The van der Waals surface area contributed by atoms with Gasteiger partial charge < -0.3 is 19.8 Å². The standard InChI is InChI=1S/C22H25N3O3/c1-12-4-5-16(8-13(12)2)18-10-25-9-17(21(27)23-14(3)11-26)19(15-6-7-15)20(25)22(28)24-18/h4-5,8-10,14-15,26H,6-7,11H2,1-3H3,(H,23,27)(H,24,28)/t14-/m1/s1. The number of hydrogen-bond acceptors (Lipinski definition) is 3. The molecule has 3 aromatic rings. The maximum Gasteiger partial charge on any atom is 0.273 e. The van der Waals surface area contributed by atoms with Crippen LogP contribution in [0.15, 0.2) is 35.4 Å². The van der Waals surface area contributed by atoms with Crippen molar-refractivity contribution in [3.05, 3.63) is 63.2 Å². The molecule has 2 heterocycles. The van der Waals surface area contributed by atoms with Gasteiger partial charge in [-0.2, -0.15) is 0 Å². The zero-order chi connectivity index (χ0) is 20.0. The van der Waals surface area contributed by atoms with Gasteiger partial charge >= 0.3 is 0 Å². The van der Waals surface area contributed by atoms with Gasteiger partial charge in [-0.1, -0.05) is 12.1 Å². The third-order valence-corrected chi connectivity index (χ3v) is 5.50. The van der Waals surface area contributed by atoms with E-state index in [2.05, 4.69) is 17.2 Å². The van der Waals surface area contributed by atoms with Gasteiger partial charge in [0, 0.05) is 18.4 Å². The Morgan fingerprint density at radius 1 is 1.29 bits per heavy atom. The summed E-state index contributed by atoms with van der Waals surface area (Å²) in [5, 5.41) is 12.0. The van der Waals surface area contributed by atoms with E-state index in [0.717, 1.165) is 29.5 Å². The molecule has 4 rings (SSSR count). The summed E-state index contributed by atoms with van der Waals surface area (Å²) in [6, 6.07) is 5.73. The van der Waals surface area contributed by atoms with Gasteiger partial charge in [-0.15, -0.1) is 0 Å². The summed E-state index contributed by atoms with van der Waals surface area (Å²) in [5.74, 6) is -0.0111. The van der Waals surface area contributed by atoms with Gasteiger partial charge in [0.25, 0.3) is 11.5 Å². The van der Waals surface area contributed by atoms with Crippen molar-refractivity contribution in [2.75, 3.05) is 6.61 Å². The number of aromatic amines is 1. The molecule has 0 bridgehead atoms. The van der Waals surface area contributed by atoms with Crippen molar-refractivity contribution < 1.29 is 9.90 Å². The van der Waals surface area contributed by atoms with Gasteiger partial charge in [0.1, 0.15) is 5.52 Å². The molecule has 0 spiro atoms. The maximum atomic E-state index is 12.9. The molecule has 1 aliphatic carbocycles. The molecule has 0 unspecified atom stereocenters. The fraction of sp³-hybridized carbons (Fsp3) is 0.364. The summed E-state index contributed by atoms with van der Waals surface area (Å²) in [6.07, 6.45) is 5.57. The lowest BCUT2D eigenvalue weighted by Gasteiger charge is -2.10. The predicted octanol–water partition coefficient (Wildman–Crippen LogP) is 2.90. The number of carbonyl (C=O) groups is 1. The lowest BCUT2D eigenvalue weighted by molar-refractivity contribution is 0.0921. The van der Waals surface area contributed by atoms with Crippen LogP contribution in [-0.2, 0) is 0 Å². The van der Waals surface area contributed by atoms with Crippen molar-refractivity contribution in [3.63, 3.8) is 0 Å². The zero-order valence-corrected chi connectivity index (χ0v) is 16.4. The van der Waals surface area contributed by atoms with Crippen molar-refractivity contribution in [2.24, 2.45) is 0 Å². The lowest BCUT2D eigenvalue weighted by atomic mass is 10.0. The fourth-order valence-corrected chi connectivity index (χ4v) is 3.60. The van der Waals surface area contributed by atoms with Gasteiger partial charge in [0.05, 0.1) is 17.9 Å². The minimum Gasteiger partial charge on any atom is -0.394 e. The van der Waals surface area contributed by atoms with E-state index in [1.54, 1.807) is 17.5 Å². The van der Waals surface area contributed by atoms with Crippen LogP contribution in [0.2, 0.25) is 0 Å². The normalized spacial score (nSPS) is 15.0. The van der Waals surface area contributed by atoms with E-state index in [0.29, 0.717) is 16.8 Å². The number of nitrogens with zero attached hydrogens (tertiary/aromatic N) is 1. The van der Waals surface area contributed by atoms with E-state index < -0.39 is 0 Å². The van der Waals surface area contributed by atoms with Crippen LogP contribution in [0.4, 0.5) is 0 Å². The predicted molar refractivity (Wildman–Crippen MR) is 109 cm³/mol. The summed E-state index contributed by atoms with van der Waals surface area (Å²) >= 11 is 0. The van der Waals surface area contributed by atoms with Crippen molar-refractivity contribution in [1.82, 2.24) is 14.7 Å². The number of amides is 1. The van der Waals surface area contributed by atoms with Crippen LogP contribution in [0.3, 0.4) is 0 Å². The molecule has 1 aromatic carbocycles. The number of H-pyrrole nitrogens is 1. The highest BCUT2D eigenvalue weighted by Gasteiger charge is 2.33. The number of rotatable bonds is 5. The molecule has 1 atom stereocenters. The molecule has 0 radical (unpaired) electrons. The van der Waals surface area contributed by atoms with E-state index >= 15 is 0 Å². The largest absolute Gasteiger partial charge is 0.394 e. The first-order valence-corrected chi connectivity index (χ1v) is 9.66. The number of aryl methyl sites for hydroxylation is 2. The molecule has 6 nitrogen and oxygen atoms in total. The van der Waals surface area contributed by atoms with Gasteiger partial charge in [-0.05, 0) is 67.9 Å². The van der Waals surface area contributed by atoms with Crippen molar-refractivity contribution in [2.45, 2.75) is 45.6 Å². The molecule has 1 saturated carbocycles. The minimum atomic E-state index is -0.341. The molecular formula is C22H25N3O3. The van der Waals surface area contributed by atoms with Gasteiger partial charge in [0.15, 0.2) is 0 Å². The fourth-order valence-electron chi connectivity index (χ4n) is 3.60. The highest BCUT2D eigenvalue weighted by molar-refractivity contribution is 5.98. The third-order valence-electron chi connectivity index (χ3n) is 5.50. The molecular weight excluding hydrogens is 354 g/mol. The Kier molecular flexibility index (Phi) is 4.59. The Hall–Kier alpha value is -2.86. The number of carbonyl (C=O) groups excluding carboxylic acids is 1. The van der Waals surface area contributed by atoms with Gasteiger partial charge in [-0.3, -0.25) is 9.59 Å². The quantitative estimate of drug-likeness (QED) is 0.637. The maximum absolute atomic E-state index is 12.9.